The van der Waals surface area contributed by atoms with Gasteiger partial charge >= 0.3 is 11.9 Å². The quantitative estimate of drug-likeness (QED) is 0.714. The molecule has 0 radical (unpaired) electrons. The highest BCUT2D eigenvalue weighted by molar-refractivity contribution is 6.27. The highest BCUT2D eigenvalue weighted by atomic mass is 16.4. The number of rotatable bonds is 3. The number of benzene rings is 1. The van der Waals surface area contributed by atoms with E-state index >= 15 is 0 Å². The third-order valence-corrected chi connectivity index (χ3v) is 3.71. The summed E-state index contributed by atoms with van der Waals surface area (Å²) in [6.45, 7) is 1.35. The second-order valence-corrected chi connectivity index (χ2v) is 5.54. The Balaban J connectivity index is 0.000000277. The lowest BCUT2D eigenvalue weighted by atomic mass is 10.0. The number of nitrogens with zero attached hydrogens (tertiary/aromatic N) is 1. The van der Waals surface area contributed by atoms with Crippen molar-refractivity contribution in [3.63, 3.8) is 0 Å². The zero-order chi connectivity index (χ0) is 16.8. The van der Waals surface area contributed by atoms with Crippen molar-refractivity contribution in [1.29, 1.82) is 0 Å². The van der Waals surface area contributed by atoms with Crippen LogP contribution >= 0.6 is 0 Å². The topological polar surface area (TPSA) is 107 Å². The van der Waals surface area contributed by atoms with Crippen LogP contribution in [0.3, 0.4) is 0 Å². The summed E-state index contributed by atoms with van der Waals surface area (Å²) in [5, 5.41) is 18.1. The van der Waals surface area contributed by atoms with E-state index in [0.717, 1.165) is 25.1 Å². The maximum absolute atomic E-state index is 12.2. The van der Waals surface area contributed by atoms with E-state index in [2.05, 4.69) is 23.5 Å². The molecule has 3 N–H and O–H groups in total. The molecule has 1 aromatic rings. The molecule has 3 rings (SSSR count). The van der Waals surface area contributed by atoms with Gasteiger partial charge in [0, 0.05) is 18.3 Å². The van der Waals surface area contributed by atoms with Gasteiger partial charge in [0.25, 0.3) is 0 Å². The fraction of sp³-hybridized carbons (Fsp3) is 0.438. The van der Waals surface area contributed by atoms with Crippen molar-refractivity contribution in [1.82, 2.24) is 5.32 Å². The molecule has 1 aliphatic heterocycles. The van der Waals surface area contributed by atoms with E-state index in [4.69, 9.17) is 19.8 Å². The van der Waals surface area contributed by atoms with Crippen LogP contribution in [-0.4, -0.2) is 47.2 Å². The minimum atomic E-state index is -1.82. The summed E-state index contributed by atoms with van der Waals surface area (Å²) in [6, 6.07) is 8.85. The van der Waals surface area contributed by atoms with Crippen LogP contribution in [0.15, 0.2) is 24.3 Å². The number of nitrogens with one attached hydrogen (secondary N) is 1. The summed E-state index contributed by atoms with van der Waals surface area (Å²) in [6.07, 6.45) is 4.62. The molecule has 2 aliphatic rings. The van der Waals surface area contributed by atoms with E-state index in [1.165, 1.54) is 18.4 Å². The van der Waals surface area contributed by atoms with E-state index in [9.17, 15) is 4.79 Å². The van der Waals surface area contributed by atoms with Gasteiger partial charge in [0.05, 0.1) is 6.54 Å². The van der Waals surface area contributed by atoms with Crippen LogP contribution in [0.25, 0.3) is 0 Å². The fourth-order valence-electron chi connectivity index (χ4n) is 2.41. The van der Waals surface area contributed by atoms with Crippen LogP contribution < -0.4 is 10.2 Å². The van der Waals surface area contributed by atoms with Gasteiger partial charge < -0.3 is 20.4 Å². The van der Waals surface area contributed by atoms with Crippen molar-refractivity contribution >= 4 is 23.5 Å². The molecular formula is C16H20N2O5. The van der Waals surface area contributed by atoms with Gasteiger partial charge in [-0.25, -0.2) is 9.59 Å². The van der Waals surface area contributed by atoms with Crippen molar-refractivity contribution in [2.24, 2.45) is 0 Å². The summed E-state index contributed by atoms with van der Waals surface area (Å²) in [5.74, 6) is -3.44. The van der Waals surface area contributed by atoms with Crippen LogP contribution in [-0.2, 0) is 20.8 Å². The summed E-state index contributed by atoms with van der Waals surface area (Å²) in [7, 11) is 0. The molecule has 0 saturated heterocycles. The number of fused-ring (bicyclic) bond motifs is 1. The Morgan fingerprint density at radius 2 is 1.78 bits per heavy atom. The maximum Gasteiger partial charge on any atom is 0.414 e. The molecule has 0 aromatic heterocycles. The van der Waals surface area contributed by atoms with E-state index in [1.54, 1.807) is 0 Å². The maximum atomic E-state index is 12.2. The minimum absolute atomic E-state index is 0.212. The summed E-state index contributed by atoms with van der Waals surface area (Å²) in [4.78, 5) is 32.3. The van der Waals surface area contributed by atoms with Gasteiger partial charge in [-0.2, -0.15) is 0 Å². The monoisotopic (exact) mass is 320 g/mol. The van der Waals surface area contributed by atoms with Crippen LogP contribution in [0.4, 0.5) is 5.69 Å². The number of hydrogen-bond acceptors (Lipinski definition) is 4. The van der Waals surface area contributed by atoms with Gasteiger partial charge in [-0.3, -0.25) is 4.79 Å². The highest BCUT2D eigenvalue weighted by Crippen LogP contribution is 2.26. The molecule has 124 valence electrons. The van der Waals surface area contributed by atoms with Crippen molar-refractivity contribution in [2.45, 2.75) is 31.7 Å². The number of aliphatic carboxylic acids is 2. The van der Waals surface area contributed by atoms with E-state index < -0.39 is 11.9 Å². The van der Waals surface area contributed by atoms with Crippen molar-refractivity contribution in [2.75, 3.05) is 18.0 Å². The molecular weight excluding hydrogens is 300 g/mol. The molecule has 1 fully saturated rings. The second-order valence-electron chi connectivity index (χ2n) is 5.54. The molecule has 7 nitrogen and oxygen atoms in total. The number of carbonyl (C=O) groups is 3. The largest absolute Gasteiger partial charge is 0.473 e. The van der Waals surface area contributed by atoms with E-state index in [1.807, 2.05) is 11.0 Å². The first-order chi connectivity index (χ1) is 11.0. The Morgan fingerprint density at radius 3 is 2.39 bits per heavy atom. The lowest BCUT2D eigenvalue weighted by Gasteiger charge is -2.29. The first-order valence-corrected chi connectivity index (χ1v) is 7.57. The molecule has 0 atom stereocenters. The molecule has 0 bridgehead atoms. The van der Waals surface area contributed by atoms with Gasteiger partial charge in [-0.05, 0) is 37.3 Å². The van der Waals surface area contributed by atoms with Crippen molar-refractivity contribution < 1.29 is 24.6 Å². The first kappa shape index (κ1) is 17.0. The predicted octanol–water partition coefficient (Wildman–Crippen LogP) is 0.873. The lowest BCUT2D eigenvalue weighted by molar-refractivity contribution is -0.159. The molecule has 1 aliphatic carbocycles. The second kappa shape index (κ2) is 7.73. The summed E-state index contributed by atoms with van der Waals surface area (Å²) in [5.41, 5.74) is 2.42. The number of carbonyl (C=O) groups excluding carboxylic acids is 1. The third kappa shape index (κ3) is 5.07. The average molecular weight is 320 g/mol. The number of amides is 1. The van der Waals surface area contributed by atoms with Gasteiger partial charge in [-0.15, -0.1) is 0 Å². The molecule has 1 saturated carbocycles. The number of carboxylic acids is 2. The van der Waals surface area contributed by atoms with Crippen LogP contribution in [0.1, 0.15) is 24.8 Å². The standard InChI is InChI=1S/C14H18N2O.C2H2O4/c17-14(10-15-12-7-8-12)16-9-3-5-11-4-1-2-6-13(11)16;3-1(4)2(5)6/h1-2,4,6,12,15H,3,5,7-10H2;(H,3,4)(H,5,6). The van der Waals surface area contributed by atoms with Gasteiger partial charge in [0.2, 0.25) is 5.91 Å². The van der Waals surface area contributed by atoms with Crippen LogP contribution in [0, 0.1) is 0 Å². The van der Waals surface area contributed by atoms with Crippen LogP contribution in [0.2, 0.25) is 0 Å². The third-order valence-electron chi connectivity index (χ3n) is 3.71. The number of para-hydroxylation sites is 1. The van der Waals surface area contributed by atoms with Crippen molar-refractivity contribution in [3.8, 4) is 0 Å². The fourth-order valence-corrected chi connectivity index (χ4v) is 2.41. The average Bonchev–Trinajstić information content (AvgIpc) is 3.37. The number of carboxylic acid groups (broad SMARTS) is 2. The van der Waals surface area contributed by atoms with Gasteiger partial charge in [-0.1, -0.05) is 18.2 Å². The summed E-state index contributed by atoms with van der Waals surface area (Å²) >= 11 is 0. The molecule has 1 heterocycles. The lowest BCUT2D eigenvalue weighted by Crippen LogP contribution is -2.41. The Labute approximate surface area is 133 Å². The molecule has 0 unspecified atom stereocenters. The Hall–Kier alpha value is -2.41. The van der Waals surface area contributed by atoms with Crippen LogP contribution in [0.5, 0.6) is 0 Å². The van der Waals surface area contributed by atoms with Gasteiger partial charge in [0.1, 0.15) is 0 Å². The number of aryl methyl sites for hydroxylation is 1. The van der Waals surface area contributed by atoms with Crippen molar-refractivity contribution in [3.05, 3.63) is 29.8 Å². The SMILES string of the molecule is O=C(CNC1CC1)N1CCCc2ccccc21.O=C(O)C(=O)O. The first-order valence-electron chi connectivity index (χ1n) is 7.57. The molecule has 23 heavy (non-hydrogen) atoms. The van der Waals surface area contributed by atoms with E-state index in [-0.39, 0.29) is 5.91 Å². The number of anilines is 1. The molecule has 1 amide bonds. The Kier molecular flexibility index (Phi) is 5.70. The smallest absolute Gasteiger partial charge is 0.414 e. The van der Waals surface area contributed by atoms with E-state index in [0.29, 0.717) is 12.6 Å². The minimum Gasteiger partial charge on any atom is -0.473 e. The Bertz CT molecular complexity index is 586. The predicted molar refractivity (Wildman–Crippen MR) is 83.4 cm³/mol. The molecule has 1 aromatic carbocycles. The summed E-state index contributed by atoms with van der Waals surface area (Å²) < 4.78 is 0. The number of hydrogen-bond donors (Lipinski definition) is 3. The normalized spacial score (nSPS) is 15.9. The molecule has 7 heteroatoms. The molecule has 0 spiro atoms. The zero-order valence-corrected chi connectivity index (χ0v) is 12.7. The zero-order valence-electron chi connectivity index (χ0n) is 12.7. The van der Waals surface area contributed by atoms with Gasteiger partial charge in [0.15, 0.2) is 0 Å². The highest BCUT2D eigenvalue weighted by Gasteiger charge is 2.25. The Morgan fingerprint density at radius 1 is 1.13 bits per heavy atom.